The Bertz CT molecular complexity index is 574. The molecule has 1 aliphatic heterocycles. The average Bonchev–Trinajstić information content (AvgIpc) is 2.37. The van der Waals surface area contributed by atoms with Gasteiger partial charge in [-0.1, -0.05) is 11.6 Å². The minimum atomic E-state index is -0.659. The third kappa shape index (κ3) is 3.68. The van der Waals surface area contributed by atoms with E-state index in [1.165, 1.54) is 0 Å². The first-order valence-corrected chi connectivity index (χ1v) is 6.30. The van der Waals surface area contributed by atoms with Crippen LogP contribution < -0.4 is 16.6 Å². The SMILES string of the molecule is O=C(Cn1cc(Cl)c(=O)[nH]c1=O)NC1CCOCC1. The Morgan fingerprint density at radius 2 is 2.16 bits per heavy atom. The van der Waals surface area contributed by atoms with Gasteiger partial charge in [0.2, 0.25) is 5.91 Å². The van der Waals surface area contributed by atoms with Crippen LogP contribution in [-0.2, 0) is 16.1 Å². The standard InChI is InChI=1S/C11H14ClN3O4/c12-8-5-15(11(18)14-10(8)17)6-9(16)13-7-1-3-19-4-2-7/h5,7H,1-4,6H2,(H,13,16)(H,14,17,18). The molecule has 1 amide bonds. The lowest BCUT2D eigenvalue weighted by molar-refractivity contribution is -0.123. The van der Waals surface area contributed by atoms with Gasteiger partial charge in [0.1, 0.15) is 11.6 Å². The summed E-state index contributed by atoms with van der Waals surface area (Å²) in [5.74, 6) is -0.294. The molecule has 7 nitrogen and oxygen atoms in total. The molecule has 1 aromatic heterocycles. The van der Waals surface area contributed by atoms with Crippen LogP contribution in [-0.4, -0.2) is 34.7 Å². The first-order chi connectivity index (χ1) is 9.06. The van der Waals surface area contributed by atoms with Crippen LogP contribution in [0.3, 0.4) is 0 Å². The van der Waals surface area contributed by atoms with E-state index in [1.807, 2.05) is 4.98 Å². The molecular formula is C11H14ClN3O4. The Morgan fingerprint density at radius 1 is 1.47 bits per heavy atom. The molecule has 1 aromatic rings. The van der Waals surface area contributed by atoms with Crippen molar-refractivity contribution >= 4 is 17.5 Å². The average molecular weight is 288 g/mol. The van der Waals surface area contributed by atoms with Gasteiger partial charge in [-0.2, -0.15) is 0 Å². The summed E-state index contributed by atoms with van der Waals surface area (Å²) in [5.41, 5.74) is -1.32. The molecule has 0 saturated carbocycles. The van der Waals surface area contributed by atoms with Crippen molar-refractivity contribution in [2.75, 3.05) is 13.2 Å². The van der Waals surface area contributed by atoms with E-state index < -0.39 is 11.2 Å². The smallest absolute Gasteiger partial charge is 0.328 e. The number of hydrogen-bond donors (Lipinski definition) is 2. The first kappa shape index (κ1) is 13.8. The fourth-order valence-electron chi connectivity index (χ4n) is 1.87. The minimum Gasteiger partial charge on any atom is -0.381 e. The molecule has 1 saturated heterocycles. The van der Waals surface area contributed by atoms with Crippen molar-refractivity contribution in [3.8, 4) is 0 Å². The summed E-state index contributed by atoms with van der Waals surface area (Å²) in [5, 5.41) is 2.69. The number of H-pyrrole nitrogens is 1. The Hall–Kier alpha value is -1.60. The Kier molecular flexibility index (Phi) is 4.39. The maximum atomic E-state index is 11.8. The summed E-state index contributed by atoms with van der Waals surface area (Å²) in [6.07, 6.45) is 2.67. The van der Waals surface area contributed by atoms with Crippen LogP contribution in [0, 0.1) is 0 Å². The third-order valence-corrected chi connectivity index (χ3v) is 3.14. The van der Waals surface area contributed by atoms with Gasteiger partial charge >= 0.3 is 5.69 Å². The zero-order chi connectivity index (χ0) is 13.8. The number of hydrogen-bond acceptors (Lipinski definition) is 4. The van der Waals surface area contributed by atoms with Crippen LogP contribution in [0.1, 0.15) is 12.8 Å². The molecule has 1 aliphatic rings. The number of nitrogens with one attached hydrogen (secondary N) is 2. The maximum Gasteiger partial charge on any atom is 0.328 e. The lowest BCUT2D eigenvalue weighted by atomic mass is 10.1. The molecule has 0 spiro atoms. The zero-order valence-corrected chi connectivity index (χ0v) is 10.9. The van der Waals surface area contributed by atoms with Crippen LogP contribution in [0.15, 0.2) is 15.8 Å². The Labute approximate surface area is 113 Å². The molecule has 0 atom stereocenters. The van der Waals surface area contributed by atoms with Crippen molar-refractivity contribution in [2.24, 2.45) is 0 Å². The van der Waals surface area contributed by atoms with Gasteiger partial charge in [-0.05, 0) is 12.8 Å². The summed E-state index contributed by atoms with van der Waals surface area (Å²) in [4.78, 5) is 36.4. The first-order valence-electron chi connectivity index (χ1n) is 5.92. The summed E-state index contributed by atoms with van der Waals surface area (Å²) in [6.45, 7) is 1.07. The molecule has 2 N–H and O–H groups in total. The summed E-state index contributed by atoms with van der Waals surface area (Å²) >= 11 is 5.61. The highest BCUT2D eigenvalue weighted by Gasteiger charge is 2.16. The largest absolute Gasteiger partial charge is 0.381 e. The van der Waals surface area contributed by atoms with Crippen molar-refractivity contribution in [3.63, 3.8) is 0 Å². The summed E-state index contributed by atoms with van der Waals surface area (Å²) in [6, 6.07) is 0.0650. The lowest BCUT2D eigenvalue weighted by Crippen LogP contribution is -2.42. The van der Waals surface area contributed by atoms with Gasteiger partial charge in [-0.3, -0.25) is 19.1 Å². The second-order valence-corrected chi connectivity index (χ2v) is 4.73. The fourth-order valence-corrected chi connectivity index (χ4v) is 2.04. The van der Waals surface area contributed by atoms with Gasteiger partial charge in [-0.25, -0.2) is 4.79 Å². The molecule has 104 valence electrons. The summed E-state index contributed by atoms with van der Waals surface area (Å²) < 4.78 is 6.25. The van der Waals surface area contributed by atoms with E-state index in [9.17, 15) is 14.4 Å². The summed E-state index contributed by atoms with van der Waals surface area (Å²) in [7, 11) is 0. The number of aromatic amines is 1. The fraction of sp³-hybridized carbons (Fsp3) is 0.545. The number of nitrogens with zero attached hydrogens (tertiary/aromatic N) is 1. The number of carbonyl (C=O) groups excluding carboxylic acids is 1. The Balaban J connectivity index is 2.00. The number of halogens is 1. The van der Waals surface area contributed by atoms with Crippen LogP contribution in [0.5, 0.6) is 0 Å². The van der Waals surface area contributed by atoms with Crippen LogP contribution in [0.2, 0.25) is 5.02 Å². The topological polar surface area (TPSA) is 93.2 Å². The van der Waals surface area contributed by atoms with Crippen LogP contribution >= 0.6 is 11.6 Å². The highest BCUT2D eigenvalue weighted by atomic mass is 35.5. The van der Waals surface area contributed by atoms with Gasteiger partial charge in [0.15, 0.2) is 0 Å². The zero-order valence-electron chi connectivity index (χ0n) is 10.1. The minimum absolute atomic E-state index is 0.0650. The maximum absolute atomic E-state index is 11.8. The molecule has 2 rings (SSSR count). The molecule has 0 bridgehead atoms. The van der Waals surface area contributed by atoms with Crippen LogP contribution in [0.4, 0.5) is 0 Å². The van der Waals surface area contributed by atoms with Crippen molar-refractivity contribution in [1.29, 1.82) is 0 Å². The van der Waals surface area contributed by atoms with E-state index in [0.717, 1.165) is 23.6 Å². The molecule has 0 radical (unpaired) electrons. The van der Waals surface area contributed by atoms with Gasteiger partial charge < -0.3 is 10.1 Å². The molecule has 0 aliphatic carbocycles. The van der Waals surface area contributed by atoms with Crippen molar-refractivity contribution in [2.45, 2.75) is 25.4 Å². The van der Waals surface area contributed by atoms with Crippen molar-refractivity contribution in [3.05, 3.63) is 32.1 Å². The van der Waals surface area contributed by atoms with Gasteiger partial charge in [0.25, 0.3) is 5.56 Å². The van der Waals surface area contributed by atoms with Gasteiger partial charge in [0.05, 0.1) is 0 Å². The monoisotopic (exact) mass is 287 g/mol. The molecular weight excluding hydrogens is 274 g/mol. The molecule has 2 heterocycles. The van der Waals surface area contributed by atoms with E-state index in [2.05, 4.69) is 5.32 Å². The highest BCUT2D eigenvalue weighted by molar-refractivity contribution is 6.30. The normalized spacial score (nSPS) is 16.3. The Morgan fingerprint density at radius 3 is 2.84 bits per heavy atom. The second kappa shape index (κ2) is 6.03. The molecule has 8 heteroatoms. The number of rotatable bonds is 3. The van der Waals surface area contributed by atoms with E-state index >= 15 is 0 Å². The quantitative estimate of drug-likeness (QED) is 0.783. The van der Waals surface area contributed by atoms with Gasteiger partial charge in [0, 0.05) is 25.5 Å². The van der Waals surface area contributed by atoms with E-state index in [0.29, 0.717) is 13.2 Å². The van der Waals surface area contributed by atoms with E-state index in [1.54, 1.807) is 0 Å². The third-order valence-electron chi connectivity index (χ3n) is 2.87. The van der Waals surface area contributed by atoms with Crippen molar-refractivity contribution in [1.82, 2.24) is 14.9 Å². The lowest BCUT2D eigenvalue weighted by Gasteiger charge is -2.23. The van der Waals surface area contributed by atoms with Crippen LogP contribution in [0.25, 0.3) is 0 Å². The number of carbonyl (C=O) groups is 1. The van der Waals surface area contributed by atoms with E-state index in [4.69, 9.17) is 16.3 Å². The molecule has 0 aromatic carbocycles. The second-order valence-electron chi connectivity index (χ2n) is 4.32. The van der Waals surface area contributed by atoms with Gasteiger partial charge in [-0.15, -0.1) is 0 Å². The molecule has 1 fully saturated rings. The molecule has 19 heavy (non-hydrogen) atoms. The number of ether oxygens (including phenoxy) is 1. The predicted molar refractivity (Wildman–Crippen MR) is 68.3 cm³/mol. The highest BCUT2D eigenvalue weighted by Crippen LogP contribution is 2.06. The number of aromatic nitrogens is 2. The van der Waals surface area contributed by atoms with Crippen molar-refractivity contribution < 1.29 is 9.53 Å². The molecule has 0 unspecified atom stereocenters. The number of amides is 1. The predicted octanol–water partition coefficient (Wildman–Crippen LogP) is -0.515. The van der Waals surface area contributed by atoms with E-state index in [-0.39, 0.29) is 23.5 Å².